The van der Waals surface area contributed by atoms with Crippen molar-refractivity contribution < 1.29 is 19.4 Å². The summed E-state index contributed by atoms with van der Waals surface area (Å²) >= 11 is 3.49. The van der Waals surface area contributed by atoms with Crippen LogP contribution in [-0.4, -0.2) is 49.8 Å². The highest BCUT2D eigenvalue weighted by Crippen LogP contribution is 2.43. The predicted molar refractivity (Wildman–Crippen MR) is 161 cm³/mol. The zero-order valence-electron chi connectivity index (χ0n) is 22.8. The second-order valence-corrected chi connectivity index (χ2v) is 10.6. The van der Waals surface area contributed by atoms with Gasteiger partial charge in [0.2, 0.25) is 5.90 Å². The molecule has 1 aliphatic heterocycles. The van der Waals surface area contributed by atoms with E-state index in [0.29, 0.717) is 31.2 Å². The third-order valence-corrected chi connectivity index (χ3v) is 7.13. The normalized spacial score (nSPS) is 18.0. The third kappa shape index (κ3) is 6.91. The maximum atomic E-state index is 13.9. The predicted octanol–water partition coefficient (Wildman–Crippen LogP) is 4.93. The molecule has 3 aromatic carbocycles. The molecule has 0 unspecified atom stereocenters. The Morgan fingerprint density at radius 3 is 2.45 bits per heavy atom. The Balaban J connectivity index is 1.58. The highest BCUT2D eigenvalue weighted by atomic mass is 79.9. The summed E-state index contributed by atoms with van der Waals surface area (Å²) in [5, 5.41) is 8.98. The van der Waals surface area contributed by atoms with E-state index in [-0.39, 0.29) is 18.9 Å². The van der Waals surface area contributed by atoms with E-state index in [1.165, 1.54) is 0 Å². The van der Waals surface area contributed by atoms with Crippen molar-refractivity contribution in [1.29, 1.82) is 0 Å². The lowest BCUT2D eigenvalue weighted by atomic mass is 9.84. The van der Waals surface area contributed by atoms with E-state index in [0.717, 1.165) is 26.9 Å². The number of rotatable bonds is 13. The molecule has 40 heavy (non-hydrogen) atoms. The Bertz CT molecular complexity index is 1310. The topological polar surface area (TPSA) is 95.4 Å². The monoisotopic (exact) mass is 606 g/mol. The van der Waals surface area contributed by atoms with E-state index in [1.807, 2.05) is 91.8 Å². The second-order valence-electron chi connectivity index (χ2n) is 9.70. The van der Waals surface area contributed by atoms with Gasteiger partial charge in [-0.1, -0.05) is 46.3 Å². The van der Waals surface area contributed by atoms with Crippen LogP contribution in [0, 0.1) is 0 Å². The average Bonchev–Trinajstić information content (AvgIpc) is 3.35. The number of amides is 1. The zero-order valence-corrected chi connectivity index (χ0v) is 24.4. The van der Waals surface area contributed by atoms with Gasteiger partial charge in [0.25, 0.3) is 5.91 Å². The number of aliphatic imine (C=N–C) groups is 1. The number of nitrogens with one attached hydrogen (secondary N) is 2. The number of carbonyl (C=O) groups excluding carboxylic acids is 1. The van der Waals surface area contributed by atoms with Crippen molar-refractivity contribution in [2.24, 2.45) is 4.99 Å². The summed E-state index contributed by atoms with van der Waals surface area (Å²) in [7, 11) is 3.99. The molecular formula is C31H35BrN4O4. The Hall–Kier alpha value is -3.66. The summed E-state index contributed by atoms with van der Waals surface area (Å²) in [5.74, 6) is 0.730. The summed E-state index contributed by atoms with van der Waals surface area (Å²) in [6, 6.07) is 23.1. The Morgan fingerprint density at radius 2 is 1.82 bits per heavy atom. The Morgan fingerprint density at radius 1 is 1.12 bits per heavy atom. The SMILES string of the molecule is C=CC[C@]1(C(=O)NNCc2ccc(N(C)C)cc2)N=C(c2ccc(OCCCO)cc2)O[C@H]1c1ccc(Br)cc1. The fourth-order valence-electron chi connectivity index (χ4n) is 4.42. The standard InChI is InChI=1S/C31H35BrN4O4/c1-4-18-31(30(38)35-33-21-22-6-14-26(15-7-22)36(2)3)28(23-8-12-25(32)13-9-23)40-29(34-31)24-10-16-27(17-11-24)39-20-5-19-37/h4,6-17,28,33,37H,1,5,18-21H2,2-3H3,(H,35,38)/t28-,31-/m0/s1. The van der Waals surface area contributed by atoms with Gasteiger partial charge in [0.15, 0.2) is 11.6 Å². The molecule has 1 aliphatic rings. The van der Waals surface area contributed by atoms with Gasteiger partial charge in [-0.05, 0) is 59.7 Å². The number of halogens is 1. The number of aliphatic hydroxyl groups excluding tert-OH is 1. The average molecular weight is 608 g/mol. The molecule has 0 spiro atoms. The van der Waals surface area contributed by atoms with Crippen LogP contribution in [0.2, 0.25) is 0 Å². The summed E-state index contributed by atoms with van der Waals surface area (Å²) in [6.45, 7) is 4.86. The van der Waals surface area contributed by atoms with Gasteiger partial charge < -0.3 is 19.5 Å². The lowest BCUT2D eigenvalue weighted by Crippen LogP contribution is -2.52. The van der Waals surface area contributed by atoms with Gasteiger partial charge in [-0.2, -0.15) is 0 Å². The lowest BCUT2D eigenvalue weighted by Gasteiger charge is -2.29. The van der Waals surface area contributed by atoms with Gasteiger partial charge in [-0.25, -0.2) is 10.4 Å². The highest BCUT2D eigenvalue weighted by molar-refractivity contribution is 9.10. The molecule has 4 rings (SSSR count). The fourth-order valence-corrected chi connectivity index (χ4v) is 4.68. The first-order valence-corrected chi connectivity index (χ1v) is 13.9. The van der Waals surface area contributed by atoms with E-state index in [2.05, 4.69) is 33.4 Å². The largest absolute Gasteiger partial charge is 0.494 e. The molecule has 210 valence electrons. The van der Waals surface area contributed by atoms with Crippen molar-refractivity contribution in [1.82, 2.24) is 10.9 Å². The number of anilines is 1. The summed E-state index contributed by atoms with van der Waals surface area (Å²) in [5.41, 5.74) is 8.34. The molecule has 0 radical (unpaired) electrons. The maximum Gasteiger partial charge on any atom is 0.266 e. The van der Waals surface area contributed by atoms with Crippen LogP contribution in [0.4, 0.5) is 5.69 Å². The van der Waals surface area contributed by atoms with Gasteiger partial charge in [0.1, 0.15) is 5.75 Å². The molecule has 1 heterocycles. The van der Waals surface area contributed by atoms with Crippen molar-refractivity contribution >= 4 is 33.4 Å². The molecule has 9 heteroatoms. The van der Waals surface area contributed by atoms with Crippen molar-refractivity contribution in [3.05, 3.63) is 107 Å². The number of aliphatic hydroxyl groups is 1. The van der Waals surface area contributed by atoms with E-state index in [1.54, 1.807) is 6.08 Å². The second kappa shape index (κ2) is 13.6. The number of carbonyl (C=O) groups is 1. The Kier molecular flexibility index (Phi) is 9.98. The number of hydrogen-bond donors (Lipinski definition) is 3. The van der Waals surface area contributed by atoms with Gasteiger partial charge in [0.05, 0.1) is 6.61 Å². The fraction of sp³-hybridized carbons (Fsp3) is 0.290. The van der Waals surface area contributed by atoms with Crippen molar-refractivity contribution in [3.63, 3.8) is 0 Å². The van der Waals surface area contributed by atoms with Gasteiger partial charge in [0, 0.05) is 55.8 Å². The van der Waals surface area contributed by atoms with Crippen molar-refractivity contribution in [2.75, 3.05) is 32.2 Å². The summed E-state index contributed by atoms with van der Waals surface area (Å²) < 4.78 is 13.0. The first-order valence-electron chi connectivity index (χ1n) is 13.1. The van der Waals surface area contributed by atoms with Crippen LogP contribution in [0.15, 0.2) is 94.9 Å². The molecule has 2 atom stereocenters. The zero-order chi connectivity index (χ0) is 28.5. The van der Waals surface area contributed by atoms with Gasteiger partial charge in [-0.3, -0.25) is 10.2 Å². The van der Waals surface area contributed by atoms with Crippen LogP contribution in [0.1, 0.15) is 35.6 Å². The van der Waals surface area contributed by atoms with Crippen LogP contribution in [0.25, 0.3) is 0 Å². The van der Waals surface area contributed by atoms with Crippen LogP contribution in [-0.2, 0) is 16.1 Å². The van der Waals surface area contributed by atoms with E-state index in [9.17, 15) is 4.79 Å². The first-order chi connectivity index (χ1) is 19.4. The molecule has 8 nitrogen and oxygen atoms in total. The highest BCUT2D eigenvalue weighted by Gasteiger charge is 2.52. The van der Waals surface area contributed by atoms with E-state index < -0.39 is 11.6 Å². The maximum absolute atomic E-state index is 13.9. The smallest absolute Gasteiger partial charge is 0.266 e. The van der Waals surface area contributed by atoms with Gasteiger partial charge in [-0.15, -0.1) is 6.58 Å². The van der Waals surface area contributed by atoms with Crippen molar-refractivity contribution in [2.45, 2.75) is 31.0 Å². The molecule has 1 amide bonds. The molecule has 0 aromatic heterocycles. The minimum Gasteiger partial charge on any atom is -0.494 e. The summed E-state index contributed by atoms with van der Waals surface area (Å²) in [6.07, 6.45) is 1.85. The molecule has 0 fully saturated rings. The molecule has 0 saturated heterocycles. The lowest BCUT2D eigenvalue weighted by molar-refractivity contribution is -0.129. The number of hydrazine groups is 1. The summed E-state index contributed by atoms with van der Waals surface area (Å²) in [4.78, 5) is 20.8. The number of benzene rings is 3. The number of ether oxygens (including phenoxy) is 2. The number of nitrogens with zero attached hydrogens (tertiary/aromatic N) is 2. The van der Waals surface area contributed by atoms with E-state index in [4.69, 9.17) is 19.6 Å². The van der Waals surface area contributed by atoms with Gasteiger partial charge >= 0.3 is 0 Å². The minimum absolute atomic E-state index is 0.0746. The first kappa shape index (κ1) is 29.3. The molecule has 3 N–H and O–H groups in total. The minimum atomic E-state index is -1.27. The third-order valence-electron chi connectivity index (χ3n) is 6.61. The molecule has 0 saturated carbocycles. The van der Waals surface area contributed by atoms with Crippen molar-refractivity contribution in [3.8, 4) is 5.75 Å². The Labute approximate surface area is 243 Å². The van der Waals surface area contributed by atoms with E-state index >= 15 is 0 Å². The quantitative estimate of drug-likeness (QED) is 0.145. The molecule has 0 aliphatic carbocycles. The van der Waals surface area contributed by atoms with Crippen LogP contribution in [0.5, 0.6) is 5.75 Å². The number of hydrogen-bond acceptors (Lipinski definition) is 7. The van der Waals surface area contributed by atoms with Crippen LogP contribution < -0.4 is 20.5 Å². The van der Waals surface area contributed by atoms with Crippen LogP contribution in [0.3, 0.4) is 0 Å². The molecule has 0 bridgehead atoms. The van der Waals surface area contributed by atoms with Crippen LogP contribution >= 0.6 is 15.9 Å². The molecule has 3 aromatic rings. The molecular weight excluding hydrogens is 572 g/mol.